The summed E-state index contributed by atoms with van der Waals surface area (Å²) in [5, 5.41) is -1.13. The summed E-state index contributed by atoms with van der Waals surface area (Å²) in [7, 11) is 1.13. The molecular formula is C13H12BrClO5. The quantitative estimate of drug-likeness (QED) is 0.469. The van der Waals surface area contributed by atoms with Crippen LogP contribution in [0.3, 0.4) is 0 Å². The molecule has 1 aromatic carbocycles. The number of fused-ring (bicyclic) bond motifs is 1. The van der Waals surface area contributed by atoms with Crippen LogP contribution in [0.4, 0.5) is 0 Å². The average Bonchev–Trinajstić information content (AvgIpc) is 2.70. The van der Waals surface area contributed by atoms with Gasteiger partial charge in [0.15, 0.2) is 11.5 Å². The molecule has 1 heterocycles. The van der Waals surface area contributed by atoms with Crippen molar-refractivity contribution in [2.75, 3.05) is 20.3 Å². The maximum Gasteiger partial charge on any atom is 0.376 e. The van der Waals surface area contributed by atoms with Crippen molar-refractivity contribution in [3.05, 3.63) is 22.2 Å². The van der Waals surface area contributed by atoms with E-state index in [-0.39, 0.29) is 0 Å². The second kappa shape index (κ2) is 6.45. The van der Waals surface area contributed by atoms with Gasteiger partial charge in [0, 0.05) is 6.42 Å². The fourth-order valence-electron chi connectivity index (χ4n) is 1.75. The number of Topliss-reactive ketones (excluding diaryl/α,β-unsaturated/α-hetero) is 1. The summed E-state index contributed by atoms with van der Waals surface area (Å²) in [4.78, 5) is 23.0. The Bertz CT molecular complexity index is 546. The van der Waals surface area contributed by atoms with E-state index in [4.69, 9.17) is 21.1 Å². The van der Waals surface area contributed by atoms with Gasteiger partial charge in [0.1, 0.15) is 5.38 Å². The van der Waals surface area contributed by atoms with E-state index in [1.54, 1.807) is 12.1 Å². The van der Waals surface area contributed by atoms with Crippen molar-refractivity contribution in [2.45, 2.75) is 11.8 Å². The molecule has 0 saturated carbocycles. The van der Waals surface area contributed by atoms with Crippen molar-refractivity contribution >= 4 is 39.3 Å². The first-order chi connectivity index (χ1) is 9.54. The van der Waals surface area contributed by atoms with Crippen LogP contribution >= 0.6 is 27.5 Å². The van der Waals surface area contributed by atoms with E-state index in [2.05, 4.69) is 20.7 Å². The van der Waals surface area contributed by atoms with Gasteiger partial charge < -0.3 is 14.2 Å². The molecule has 0 saturated heterocycles. The fraction of sp³-hybridized carbons (Fsp3) is 0.385. The first-order valence-electron chi connectivity index (χ1n) is 5.90. The van der Waals surface area contributed by atoms with Crippen LogP contribution in [-0.4, -0.2) is 32.1 Å². The number of esters is 1. The minimum atomic E-state index is -1.13. The topological polar surface area (TPSA) is 61.8 Å². The van der Waals surface area contributed by atoms with E-state index in [9.17, 15) is 9.59 Å². The van der Waals surface area contributed by atoms with Crippen LogP contribution in [0.1, 0.15) is 17.4 Å². The molecule has 1 atom stereocenters. The van der Waals surface area contributed by atoms with Gasteiger partial charge in [-0.05, 0) is 33.6 Å². The monoisotopic (exact) mass is 362 g/mol. The molecule has 0 bridgehead atoms. The maximum absolute atomic E-state index is 11.7. The molecule has 108 valence electrons. The molecule has 1 unspecified atom stereocenters. The highest BCUT2D eigenvalue weighted by molar-refractivity contribution is 9.10. The summed E-state index contributed by atoms with van der Waals surface area (Å²) in [5.74, 6) is -0.736. The number of ketones is 1. The van der Waals surface area contributed by atoms with Crippen LogP contribution < -0.4 is 9.47 Å². The van der Waals surface area contributed by atoms with Crippen molar-refractivity contribution in [3.63, 3.8) is 0 Å². The first-order valence-corrected chi connectivity index (χ1v) is 7.12. The van der Waals surface area contributed by atoms with Gasteiger partial charge in [0.25, 0.3) is 5.78 Å². The van der Waals surface area contributed by atoms with E-state index in [1.165, 1.54) is 0 Å². The molecule has 5 nitrogen and oxygen atoms in total. The molecule has 0 amide bonds. The Morgan fingerprint density at radius 3 is 2.75 bits per heavy atom. The molecule has 2 rings (SSSR count). The average molecular weight is 364 g/mol. The van der Waals surface area contributed by atoms with Crippen LogP contribution in [0.2, 0.25) is 0 Å². The summed E-state index contributed by atoms with van der Waals surface area (Å²) in [6.07, 6.45) is 0.766. The highest BCUT2D eigenvalue weighted by Crippen LogP contribution is 2.40. The molecule has 0 fully saturated rings. The highest BCUT2D eigenvalue weighted by Gasteiger charge is 2.28. The van der Waals surface area contributed by atoms with Crippen LogP contribution in [0.5, 0.6) is 11.5 Å². The van der Waals surface area contributed by atoms with Crippen LogP contribution in [0, 0.1) is 0 Å². The summed E-state index contributed by atoms with van der Waals surface area (Å²) in [5.41, 5.74) is 0.443. The Balaban J connectivity index is 2.34. The standard InChI is InChI=1S/C13H12BrClO5/c1-18-13(17)11(16)10(15)7-5-8(14)12-9(6-7)19-3-2-4-20-12/h5-6,10H,2-4H2,1H3. The van der Waals surface area contributed by atoms with Crippen molar-refractivity contribution in [1.82, 2.24) is 0 Å². The second-order valence-corrected chi connectivity index (χ2v) is 5.39. The number of carbonyl (C=O) groups excluding carboxylic acids is 2. The van der Waals surface area contributed by atoms with Crippen molar-refractivity contribution in [2.24, 2.45) is 0 Å². The largest absolute Gasteiger partial charge is 0.490 e. The van der Waals surface area contributed by atoms with E-state index < -0.39 is 17.1 Å². The van der Waals surface area contributed by atoms with Gasteiger partial charge in [0.05, 0.1) is 24.8 Å². The van der Waals surface area contributed by atoms with E-state index in [0.29, 0.717) is 34.7 Å². The molecule has 1 aromatic rings. The Kier molecular flexibility index (Phi) is 4.88. The first kappa shape index (κ1) is 15.1. The predicted octanol–water partition coefficient (Wildman–Crippen LogP) is 2.63. The zero-order valence-corrected chi connectivity index (χ0v) is 13.0. The number of hydrogen-bond donors (Lipinski definition) is 0. The highest BCUT2D eigenvalue weighted by atomic mass is 79.9. The Labute approximate surface area is 129 Å². The normalized spacial score (nSPS) is 15.2. The summed E-state index contributed by atoms with van der Waals surface area (Å²) in [6, 6.07) is 3.23. The van der Waals surface area contributed by atoms with Crippen LogP contribution in [0.15, 0.2) is 16.6 Å². The number of alkyl halides is 1. The third kappa shape index (κ3) is 3.07. The summed E-state index contributed by atoms with van der Waals surface area (Å²) >= 11 is 9.37. The van der Waals surface area contributed by atoms with E-state index in [1.807, 2.05) is 0 Å². The van der Waals surface area contributed by atoms with Gasteiger partial charge >= 0.3 is 5.97 Å². The van der Waals surface area contributed by atoms with Gasteiger partial charge in [-0.1, -0.05) is 0 Å². The lowest BCUT2D eigenvalue weighted by molar-refractivity contribution is -0.151. The fourth-order valence-corrected chi connectivity index (χ4v) is 2.54. The molecule has 0 aliphatic carbocycles. The zero-order valence-electron chi connectivity index (χ0n) is 10.7. The molecule has 0 aromatic heterocycles. The van der Waals surface area contributed by atoms with Crippen molar-refractivity contribution in [1.29, 1.82) is 0 Å². The number of rotatable bonds is 3. The Morgan fingerprint density at radius 2 is 2.05 bits per heavy atom. The predicted molar refractivity (Wildman–Crippen MR) is 75.4 cm³/mol. The number of halogens is 2. The third-order valence-electron chi connectivity index (χ3n) is 2.73. The molecule has 7 heteroatoms. The lowest BCUT2D eigenvalue weighted by atomic mass is 10.1. The van der Waals surface area contributed by atoms with Gasteiger partial charge in [-0.2, -0.15) is 0 Å². The molecular weight excluding hydrogens is 351 g/mol. The lowest BCUT2D eigenvalue weighted by Gasteiger charge is -2.13. The SMILES string of the molecule is COC(=O)C(=O)C(Cl)c1cc(Br)c2c(c1)OCCCO2. The molecule has 1 aliphatic heterocycles. The zero-order chi connectivity index (χ0) is 14.7. The van der Waals surface area contributed by atoms with Gasteiger partial charge in [0.2, 0.25) is 0 Å². The molecule has 0 N–H and O–H groups in total. The molecule has 20 heavy (non-hydrogen) atoms. The minimum Gasteiger partial charge on any atom is -0.490 e. The molecule has 0 radical (unpaired) electrons. The Morgan fingerprint density at radius 1 is 1.35 bits per heavy atom. The smallest absolute Gasteiger partial charge is 0.376 e. The molecule has 1 aliphatic rings. The number of ether oxygens (including phenoxy) is 3. The lowest BCUT2D eigenvalue weighted by Crippen LogP contribution is -2.20. The maximum atomic E-state index is 11.7. The van der Waals surface area contributed by atoms with Crippen LogP contribution in [-0.2, 0) is 14.3 Å². The number of benzene rings is 1. The van der Waals surface area contributed by atoms with Crippen molar-refractivity contribution < 1.29 is 23.8 Å². The second-order valence-electron chi connectivity index (χ2n) is 4.10. The molecule has 0 spiro atoms. The van der Waals surface area contributed by atoms with E-state index in [0.717, 1.165) is 13.5 Å². The number of hydrogen-bond acceptors (Lipinski definition) is 5. The van der Waals surface area contributed by atoms with Gasteiger partial charge in [-0.25, -0.2) is 4.79 Å². The van der Waals surface area contributed by atoms with Crippen LogP contribution in [0.25, 0.3) is 0 Å². The summed E-state index contributed by atoms with van der Waals surface area (Å²) in [6.45, 7) is 1.07. The van der Waals surface area contributed by atoms with E-state index >= 15 is 0 Å². The third-order valence-corrected chi connectivity index (χ3v) is 3.77. The minimum absolute atomic E-state index is 0.443. The number of carbonyl (C=O) groups is 2. The van der Waals surface area contributed by atoms with Crippen molar-refractivity contribution in [3.8, 4) is 11.5 Å². The van der Waals surface area contributed by atoms with Gasteiger partial charge in [-0.3, -0.25) is 4.79 Å². The van der Waals surface area contributed by atoms with Gasteiger partial charge in [-0.15, -0.1) is 11.6 Å². The number of methoxy groups -OCH3 is 1. The Hall–Kier alpha value is -1.27. The summed E-state index contributed by atoms with van der Waals surface area (Å²) < 4.78 is 16.1.